The monoisotopic (exact) mass is 384 g/mol. The van der Waals surface area contributed by atoms with Crippen molar-refractivity contribution in [2.24, 2.45) is 7.05 Å². The molecule has 1 aromatic carbocycles. The van der Waals surface area contributed by atoms with Gasteiger partial charge in [-0.15, -0.1) is 11.3 Å². The van der Waals surface area contributed by atoms with Gasteiger partial charge in [0.15, 0.2) is 0 Å². The Hall–Kier alpha value is -3.20. The molecule has 0 aliphatic heterocycles. The van der Waals surface area contributed by atoms with Crippen LogP contribution in [-0.2, 0) is 13.6 Å². The maximum atomic E-state index is 13.7. The molecular formula is C18H14F2N6S. The summed E-state index contributed by atoms with van der Waals surface area (Å²) in [7, 11) is 1.82. The molecule has 3 aromatic heterocycles. The van der Waals surface area contributed by atoms with Crippen LogP contribution in [0.3, 0.4) is 0 Å². The summed E-state index contributed by atoms with van der Waals surface area (Å²) in [5.74, 6) is -0.780. The summed E-state index contributed by atoms with van der Waals surface area (Å²) in [6.07, 6.45) is 4.83. The topological polar surface area (TPSA) is 68.5 Å². The molecular weight excluding hydrogens is 370 g/mol. The van der Waals surface area contributed by atoms with Crippen LogP contribution >= 0.6 is 11.3 Å². The van der Waals surface area contributed by atoms with E-state index in [1.54, 1.807) is 17.1 Å². The van der Waals surface area contributed by atoms with Gasteiger partial charge in [-0.2, -0.15) is 5.10 Å². The summed E-state index contributed by atoms with van der Waals surface area (Å²) in [5.41, 5.74) is 2.15. The highest BCUT2D eigenvalue weighted by Crippen LogP contribution is 2.25. The maximum absolute atomic E-state index is 13.7. The van der Waals surface area contributed by atoms with Crippen molar-refractivity contribution in [1.82, 2.24) is 24.7 Å². The summed E-state index contributed by atoms with van der Waals surface area (Å²) in [6.45, 7) is -0.0214. The zero-order valence-corrected chi connectivity index (χ0v) is 15.0. The van der Waals surface area contributed by atoms with Crippen molar-refractivity contribution in [3.8, 4) is 22.1 Å². The minimum Gasteiger partial charge on any atom is -0.364 e. The Morgan fingerprint density at radius 3 is 2.56 bits per heavy atom. The van der Waals surface area contributed by atoms with E-state index >= 15 is 0 Å². The molecule has 1 N–H and O–H groups in total. The fourth-order valence-electron chi connectivity index (χ4n) is 2.59. The summed E-state index contributed by atoms with van der Waals surface area (Å²) in [5, 5.41) is 10.0. The zero-order valence-electron chi connectivity index (χ0n) is 14.2. The second-order valence-corrected chi connectivity index (χ2v) is 6.61. The van der Waals surface area contributed by atoms with Crippen molar-refractivity contribution in [2.45, 2.75) is 6.54 Å². The number of thiazole rings is 1. The van der Waals surface area contributed by atoms with Gasteiger partial charge in [-0.1, -0.05) is 6.07 Å². The Bertz CT molecular complexity index is 1040. The van der Waals surface area contributed by atoms with E-state index in [-0.39, 0.29) is 12.1 Å². The smallest absolute Gasteiger partial charge is 0.144 e. The number of hydrogen-bond acceptors (Lipinski definition) is 6. The Kier molecular flexibility index (Phi) is 4.59. The number of nitrogens with zero attached hydrogens (tertiary/aromatic N) is 5. The second kappa shape index (κ2) is 7.20. The lowest BCUT2D eigenvalue weighted by atomic mass is 10.2. The highest BCUT2D eigenvalue weighted by Gasteiger charge is 2.13. The van der Waals surface area contributed by atoms with Crippen molar-refractivity contribution >= 4 is 17.2 Å². The Labute approximate surface area is 157 Å². The van der Waals surface area contributed by atoms with E-state index in [0.29, 0.717) is 11.5 Å². The van der Waals surface area contributed by atoms with E-state index in [9.17, 15) is 8.78 Å². The third-order valence-corrected chi connectivity index (χ3v) is 4.75. The van der Waals surface area contributed by atoms with Crippen LogP contribution in [0.25, 0.3) is 22.1 Å². The van der Waals surface area contributed by atoms with E-state index in [4.69, 9.17) is 0 Å². The molecule has 27 heavy (non-hydrogen) atoms. The van der Waals surface area contributed by atoms with Gasteiger partial charge in [0, 0.05) is 30.7 Å². The van der Waals surface area contributed by atoms with Crippen LogP contribution < -0.4 is 5.32 Å². The first-order valence-corrected chi connectivity index (χ1v) is 8.93. The molecule has 0 aliphatic rings. The molecule has 3 heterocycles. The molecule has 0 aliphatic carbocycles. The summed E-state index contributed by atoms with van der Waals surface area (Å²) < 4.78 is 29.1. The second-order valence-electron chi connectivity index (χ2n) is 5.72. The summed E-state index contributed by atoms with van der Waals surface area (Å²) in [4.78, 5) is 12.9. The van der Waals surface area contributed by atoms with Crippen LogP contribution in [0.5, 0.6) is 0 Å². The predicted molar refractivity (Wildman–Crippen MR) is 99.0 cm³/mol. The molecule has 9 heteroatoms. The molecule has 0 amide bonds. The van der Waals surface area contributed by atoms with Crippen LogP contribution in [0.1, 0.15) is 5.56 Å². The number of halogens is 2. The first-order chi connectivity index (χ1) is 13.1. The molecule has 4 aromatic rings. The summed E-state index contributed by atoms with van der Waals surface area (Å²) >= 11 is 1.51. The molecule has 0 radical (unpaired) electrons. The minimum atomic E-state index is -0.600. The molecule has 0 bridgehead atoms. The third-order valence-electron chi connectivity index (χ3n) is 3.95. The molecule has 4 rings (SSSR count). The van der Waals surface area contributed by atoms with Crippen molar-refractivity contribution < 1.29 is 8.78 Å². The van der Waals surface area contributed by atoms with Gasteiger partial charge < -0.3 is 5.32 Å². The van der Waals surface area contributed by atoms with Crippen molar-refractivity contribution in [3.05, 3.63) is 65.4 Å². The van der Waals surface area contributed by atoms with Crippen molar-refractivity contribution in [1.29, 1.82) is 0 Å². The normalized spacial score (nSPS) is 10.9. The largest absolute Gasteiger partial charge is 0.364 e. The van der Waals surface area contributed by atoms with E-state index < -0.39 is 11.6 Å². The zero-order chi connectivity index (χ0) is 18.8. The maximum Gasteiger partial charge on any atom is 0.144 e. The first kappa shape index (κ1) is 17.2. The van der Waals surface area contributed by atoms with Crippen LogP contribution in [0.15, 0.2) is 48.2 Å². The molecule has 0 saturated carbocycles. The van der Waals surface area contributed by atoms with Crippen LogP contribution in [0, 0.1) is 11.6 Å². The van der Waals surface area contributed by atoms with Gasteiger partial charge in [-0.25, -0.2) is 23.7 Å². The molecule has 0 atom stereocenters. The van der Waals surface area contributed by atoms with Gasteiger partial charge >= 0.3 is 0 Å². The molecule has 0 fully saturated rings. The van der Waals surface area contributed by atoms with Gasteiger partial charge in [0.2, 0.25) is 0 Å². The van der Waals surface area contributed by atoms with E-state index in [0.717, 1.165) is 16.4 Å². The van der Waals surface area contributed by atoms with Crippen LogP contribution in [-0.4, -0.2) is 24.7 Å². The molecule has 6 nitrogen and oxygen atoms in total. The standard InChI is InChI=1S/C18H14F2N6S/c1-26-16(7-14(25-26)18-21-5-6-27-18)15-9-24-17(10-22-15)23-8-11-12(19)3-2-4-13(11)20/h2-7,9-10H,8H2,1H3,(H,23,24). The highest BCUT2D eigenvalue weighted by atomic mass is 32.1. The van der Waals surface area contributed by atoms with E-state index in [1.165, 1.54) is 35.7 Å². The number of hydrogen-bond donors (Lipinski definition) is 1. The van der Waals surface area contributed by atoms with E-state index in [1.807, 2.05) is 18.5 Å². The molecule has 0 unspecified atom stereocenters. The number of anilines is 1. The SMILES string of the molecule is Cn1nc(-c2nccs2)cc1-c1cnc(NCc2c(F)cccc2F)cn1. The van der Waals surface area contributed by atoms with Gasteiger partial charge in [-0.05, 0) is 18.2 Å². The fourth-order valence-corrected chi connectivity index (χ4v) is 3.19. The average Bonchev–Trinajstić information content (AvgIpc) is 3.31. The third kappa shape index (κ3) is 3.54. The number of rotatable bonds is 5. The molecule has 136 valence electrons. The van der Waals surface area contributed by atoms with Gasteiger partial charge in [0.1, 0.15) is 33.8 Å². The van der Waals surface area contributed by atoms with Crippen molar-refractivity contribution in [3.63, 3.8) is 0 Å². The minimum absolute atomic E-state index is 0.0214. The lowest BCUT2D eigenvalue weighted by molar-refractivity contribution is 0.560. The lowest BCUT2D eigenvalue weighted by Crippen LogP contribution is -2.06. The average molecular weight is 384 g/mol. The Morgan fingerprint density at radius 1 is 1.07 bits per heavy atom. The van der Waals surface area contributed by atoms with Gasteiger partial charge in [-0.3, -0.25) is 4.68 Å². The van der Waals surface area contributed by atoms with Crippen LogP contribution in [0.2, 0.25) is 0 Å². The van der Waals surface area contributed by atoms with Crippen LogP contribution in [0.4, 0.5) is 14.6 Å². The number of aromatic nitrogens is 5. The van der Waals surface area contributed by atoms with Gasteiger partial charge in [0.05, 0.1) is 18.1 Å². The Balaban J connectivity index is 1.51. The van der Waals surface area contributed by atoms with Gasteiger partial charge in [0.25, 0.3) is 0 Å². The predicted octanol–water partition coefficient (Wildman–Crippen LogP) is 3.89. The lowest BCUT2D eigenvalue weighted by Gasteiger charge is -2.08. The number of aryl methyl sites for hydroxylation is 1. The number of benzene rings is 1. The van der Waals surface area contributed by atoms with E-state index in [2.05, 4.69) is 25.4 Å². The fraction of sp³-hybridized carbons (Fsp3) is 0.111. The van der Waals surface area contributed by atoms with Crippen molar-refractivity contribution in [2.75, 3.05) is 5.32 Å². The Morgan fingerprint density at radius 2 is 1.89 bits per heavy atom. The highest BCUT2D eigenvalue weighted by molar-refractivity contribution is 7.13. The summed E-state index contributed by atoms with van der Waals surface area (Å²) in [6, 6.07) is 5.66. The molecule has 0 spiro atoms. The first-order valence-electron chi connectivity index (χ1n) is 8.05. The number of nitrogens with one attached hydrogen (secondary N) is 1. The molecule has 0 saturated heterocycles. The quantitative estimate of drug-likeness (QED) is 0.565.